The summed E-state index contributed by atoms with van der Waals surface area (Å²) in [6, 6.07) is 0. The van der Waals surface area contributed by atoms with Crippen molar-refractivity contribution < 1.29 is 0 Å². The van der Waals surface area contributed by atoms with Gasteiger partial charge in [0.2, 0.25) is 0 Å². The van der Waals surface area contributed by atoms with Gasteiger partial charge in [0.1, 0.15) is 0 Å². The van der Waals surface area contributed by atoms with E-state index in [2.05, 4.69) is 43.1 Å². The van der Waals surface area contributed by atoms with Gasteiger partial charge in [0, 0.05) is 19.6 Å². The van der Waals surface area contributed by atoms with Crippen LogP contribution in [0.15, 0.2) is 12.2 Å². The summed E-state index contributed by atoms with van der Waals surface area (Å²) in [7, 11) is 0. The van der Waals surface area contributed by atoms with E-state index in [0.29, 0.717) is 0 Å². The molecule has 2 nitrogen and oxygen atoms in total. The largest absolute Gasteiger partial charge is 0.316 e. The van der Waals surface area contributed by atoms with E-state index in [-0.39, 0.29) is 0 Å². The minimum Gasteiger partial charge on any atom is -0.316 e. The highest BCUT2D eigenvalue weighted by Gasteiger charge is 1.96. The van der Waals surface area contributed by atoms with Gasteiger partial charge in [-0.2, -0.15) is 0 Å². The van der Waals surface area contributed by atoms with Crippen LogP contribution in [0.5, 0.6) is 0 Å². The SMILES string of the molecule is C/C=C/CN(CC)CCNCC. The Morgan fingerprint density at radius 2 is 2.08 bits per heavy atom. The molecule has 0 unspecified atom stereocenters. The summed E-state index contributed by atoms with van der Waals surface area (Å²) in [5.74, 6) is 0. The molecule has 0 fully saturated rings. The average molecular weight is 170 g/mol. The van der Waals surface area contributed by atoms with Crippen LogP contribution in [0.25, 0.3) is 0 Å². The first-order valence-electron chi connectivity index (χ1n) is 4.89. The Kier molecular flexibility index (Phi) is 8.51. The summed E-state index contributed by atoms with van der Waals surface area (Å²) < 4.78 is 0. The molecule has 0 aliphatic heterocycles. The molecule has 0 aromatic carbocycles. The Morgan fingerprint density at radius 1 is 1.33 bits per heavy atom. The van der Waals surface area contributed by atoms with Crippen LogP contribution in [0.1, 0.15) is 20.8 Å². The molecule has 0 atom stereocenters. The number of hydrogen-bond donors (Lipinski definition) is 1. The fourth-order valence-corrected chi connectivity index (χ4v) is 1.05. The quantitative estimate of drug-likeness (QED) is 0.460. The van der Waals surface area contributed by atoms with Crippen molar-refractivity contribution in [2.45, 2.75) is 20.8 Å². The van der Waals surface area contributed by atoms with Crippen LogP contribution in [0.2, 0.25) is 0 Å². The Hall–Kier alpha value is -0.340. The molecule has 72 valence electrons. The lowest BCUT2D eigenvalue weighted by Gasteiger charge is -2.18. The van der Waals surface area contributed by atoms with Crippen LogP contribution in [-0.2, 0) is 0 Å². The monoisotopic (exact) mass is 170 g/mol. The van der Waals surface area contributed by atoms with Gasteiger partial charge in [0.15, 0.2) is 0 Å². The molecule has 0 heterocycles. The van der Waals surface area contributed by atoms with Gasteiger partial charge in [0.25, 0.3) is 0 Å². The van der Waals surface area contributed by atoms with E-state index in [1.54, 1.807) is 0 Å². The summed E-state index contributed by atoms with van der Waals surface area (Å²) in [6.07, 6.45) is 4.31. The molecule has 0 aromatic rings. The second kappa shape index (κ2) is 8.75. The second-order valence-electron chi connectivity index (χ2n) is 2.82. The molecule has 2 heteroatoms. The summed E-state index contributed by atoms with van der Waals surface area (Å²) in [6.45, 7) is 11.9. The topological polar surface area (TPSA) is 15.3 Å². The highest BCUT2D eigenvalue weighted by molar-refractivity contribution is 4.80. The van der Waals surface area contributed by atoms with Crippen molar-refractivity contribution in [2.75, 3.05) is 32.7 Å². The van der Waals surface area contributed by atoms with E-state index in [1.165, 1.54) is 0 Å². The lowest BCUT2D eigenvalue weighted by atomic mass is 10.4. The van der Waals surface area contributed by atoms with Crippen molar-refractivity contribution in [1.29, 1.82) is 0 Å². The Morgan fingerprint density at radius 3 is 2.58 bits per heavy atom. The van der Waals surface area contributed by atoms with Crippen molar-refractivity contribution in [2.24, 2.45) is 0 Å². The maximum absolute atomic E-state index is 3.32. The minimum atomic E-state index is 1.07. The fraction of sp³-hybridized carbons (Fsp3) is 0.800. The maximum Gasteiger partial charge on any atom is 0.0163 e. The highest BCUT2D eigenvalue weighted by atomic mass is 15.1. The van der Waals surface area contributed by atoms with Crippen LogP contribution in [0.4, 0.5) is 0 Å². The molecule has 0 radical (unpaired) electrons. The summed E-state index contributed by atoms with van der Waals surface area (Å²) in [4.78, 5) is 2.42. The average Bonchev–Trinajstić information content (AvgIpc) is 2.11. The number of likely N-dealkylation sites (N-methyl/N-ethyl adjacent to an activating group) is 2. The molecule has 0 rings (SSSR count). The van der Waals surface area contributed by atoms with Gasteiger partial charge in [-0.1, -0.05) is 26.0 Å². The molecule has 0 aliphatic rings. The standard InChI is InChI=1S/C10H22N2/c1-4-7-9-12(6-3)10-8-11-5-2/h4,7,11H,5-6,8-10H2,1-3H3/b7-4+. The number of nitrogens with zero attached hydrogens (tertiary/aromatic N) is 1. The zero-order chi connectivity index (χ0) is 9.23. The van der Waals surface area contributed by atoms with E-state index in [4.69, 9.17) is 0 Å². The number of hydrogen-bond acceptors (Lipinski definition) is 2. The van der Waals surface area contributed by atoms with E-state index < -0.39 is 0 Å². The van der Waals surface area contributed by atoms with Crippen molar-refractivity contribution in [3.63, 3.8) is 0 Å². The van der Waals surface area contributed by atoms with Crippen LogP contribution in [0, 0.1) is 0 Å². The molecule has 1 N–H and O–H groups in total. The van der Waals surface area contributed by atoms with Crippen molar-refractivity contribution in [3.8, 4) is 0 Å². The Labute approximate surface area is 76.6 Å². The zero-order valence-corrected chi connectivity index (χ0v) is 8.64. The normalized spacial score (nSPS) is 11.7. The molecule has 0 bridgehead atoms. The van der Waals surface area contributed by atoms with Gasteiger partial charge >= 0.3 is 0 Å². The van der Waals surface area contributed by atoms with E-state index >= 15 is 0 Å². The highest BCUT2D eigenvalue weighted by Crippen LogP contribution is 1.86. The van der Waals surface area contributed by atoms with E-state index in [1.807, 2.05) is 0 Å². The Balaban J connectivity index is 3.39. The van der Waals surface area contributed by atoms with Crippen LogP contribution >= 0.6 is 0 Å². The van der Waals surface area contributed by atoms with Crippen molar-refractivity contribution in [3.05, 3.63) is 12.2 Å². The van der Waals surface area contributed by atoms with Gasteiger partial charge in [-0.3, -0.25) is 4.90 Å². The predicted molar refractivity (Wildman–Crippen MR) is 55.5 cm³/mol. The molecular formula is C10H22N2. The van der Waals surface area contributed by atoms with Crippen molar-refractivity contribution >= 4 is 0 Å². The number of rotatable bonds is 7. The van der Waals surface area contributed by atoms with Crippen molar-refractivity contribution in [1.82, 2.24) is 10.2 Å². The third kappa shape index (κ3) is 6.38. The molecule has 0 saturated carbocycles. The third-order valence-corrected chi connectivity index (χ3v) is 1.90. The van der Waals surface area contributed by atoms with E-state index in [9.17, 15) is 0 Å². The van der Waals surface area contributed by atoms with Gasteiger partial charge in [-0.15, -0.1) is 0 Å². The smallest absolute Gasteiger partial charge is 0.0163 e. The Bertz CT molecular complexity index is 110. The molecule has 0 spiro atoms. The predicted octanol–water partition coefficient (Wildman–Crippen LogP) is 1.49. The van der Waals surface area contributed by atoms with Gasteiger partial charge in [-0.25, -0.2) is 0 Å². The van der Waals surface area contributed by atoms with E-state index in [0.717, 1.165) is 32.7 Å². The number of allylic oxidation sites excluding steroid dienone is 1. The number of nitrogens with one attached hydrogen (secondary N) is 1. The molecule has 0 aliphatic carbocycles. The summed E-state index contributed by atoms with van der Waals surface area (Å²) in [5, 5.41) is 3.32. The molecule has 0 aromatic heterocycles. The molecule has 0 amide bonds. The van der Waals surface area contributed by atoms with Gasteiger partial charge in [-0.05, 0) is 20.0 Å². The molecule has 0 saturated heterocycles. The first-order valence-corrected chi connectivity index (χ1v) is 4.89. The summed E-state index contributed by atoms with van der Waals surface area (Å²) >= 11 is 0. The molecular weight excluding hydrogens is 148 g/mol. The van der Waals surface area contributed by atoms with Gasteiger partial charge < -0.3 is 5.32 Å². The zero-order valence-electron chi connectivity index (χ0n) is 8.64. The van der Waals surface area contributed by atoms with Crippen LogP contribution in [-0.4, -0.2) is 37.6 Å². The third-order valence-electron chi connectivity index (χ3n) is 1.90. The minimum absolute atomic E-state index is 1.07. The fourth-order valence-electron chi connectivity index (χ4n) is 1.05. The summed E-state index contributed by atoms with van der Waals surface area (Å²) in [5.41, 5.74) is 0. The first-order chi connectivity index (χ1) is 5.85. The van der Waals surface area contributed by atoms with Crippen LogP contribution < -0.4 is 5.32 Å². The second-order valence-corrected chi connectivity index (χ2v) is 2.82. The van der Waals surface area contributed by atoms with Gasteiger partial charge in [0.05, 0.1) is 0 Å². The maximum atomic E-state index is 3.32. The lowest BCUT2D eigenvalue weighted by Crippen LogP contribution is -2.32. The first kappa shape index (κ1) is 11.7. The van der Waals surface area contributed by atoms with Crippen LogP contribution in [0.3, 0.4) is 0 Å². The molecule has 12 heavy (non-hydrogen) atoms. The lowest BCUT2D eigenvalue weighted by molar-refractivity contribution is 0.318.